The fourth-order valence-electron chi connectivity index (χ4n) is 2.42. The summed E-state index contributed by atoms with van der Waals surface area (Å²) in [6.07, 6.45) is 3.68. The molecule has 0 radical (unpaired) electrons. The third-order valence-corrected chi connectivity index (χ3v) is 5.64. The first-order valence-corrected chi connectivity index (χ1v) is 10.2. The van der Waals surface area contributed by atoms with Crippen LogP contribution in [0.15, 0.2) is 59.6 Å². The van der Waals surface area contributed by atoms with Crippen LogP contribution in [0.4, 0.5) is 5.13 Å². The van der Waals surface area contributed by atoms with Crippen LogP contribution in [0.25, 0.3) is 21.8 Å². The second-order valence-corrected chi connectivity index (χ2v) is 7.81. The molecule has 3 heterocycles. The number of carbonyl (C=O) groups is 1. The van der Waals surface area contributed by atoms with Gasteiger partial charge in [-0.3, -0.25) is 9.78 Å². The van der Waals surface area contributed by atoms with E-state index in [1.54, 1.807) is 12.4 Å². The van der Waals surface area contributed by atoms with Crippen molar-refractivity contribution in [2.75, 3.05) is 5.32 Å². The van der Waals surface area contributed by atoms with Crippen molar-refractivity contribution in [2.24, 2.45) is 0 Å². The molecule has 5 nitrogen and oxygen atoms in total. The van der Waals surface area contributed by atoms with Gasteiger partial charge in [0.2, 0.25) is 5.91 Å². The predicted molar refractivity (Wildman–Crippen MR) is 110 cm³/mol. The highest BCUT2D eigenvalue weighted by Gasteiger charge is 2.12. The molecule has 134 valence electrons. The molecule has 27 heavy (non-hydrogen) atoms. The summed E-state index contributed by atoms with van der Waals surface area (Å²) in [6.45, 7) is 0. The Hall–Kier alpha value is -2.61. The van der Waals surface area contributed by atoms with Crippen molar-refractivity contribution in [3.63, 3.8) is 0 Å². The number of anilines is 1. The molecule has 4 aromatic rings. The molecule has 0 unspecified atom stereocenters. The van der Waals surface area contributed by atoms with E-state index in [9.17, 15) is 4.79 Å². The van der Waals surface area contributed by atoms with Crippen LogP contribution in [-0.4, -0.2) is 20.9 Å². The van der Waals surface area contributed by atoms with Crippen molar-refractivity contribution in [3.8, 4) is 21.8 Å². The average molecular weight is 413 g/mol. The molecule has 3 aromatic heterocycles. The number of carbonyl (C=O) groups excluding carboxylic acids is 1. The average Bonchev–Trinajstić information content (AvgIpc) is 3.33. The number of rotatable bonds is 5. The third-order valence-electron chi connectivity index (χ3n) is 3.69. The summed E-state index contributed by atoms with van der Waals surface area (Å²) in [5.41, 5.74) is 3.43. The summed E-state index contributed by atoms with van der Waals surface area (Å²) >= 11 is 8.79. The Bertz CT molecular complexity index is 1060. The van der Waals surface area contributed by atoms with Crippen LogP contribution in [0, 0.1) is 0 Å². The second-order valence-electron chi connectivity index (χ2n) is 5.66. The van der Waals surface area contributed by atoms with Gasteiger partial charge in [0.05, 0.1) is 17.8 Å². The van der Waals surface area contributed by atoms with Gasteiger partial charge >= 0.3 is 0 Å². The molecule has 1 N–H and O–H groups in total. The molecule has 0 aliphatic rings. The number of pyridine rings is 1. The van der Waals surface area contributed by atoms with Gasteiger partial charge in [-0.05, 0) is 24.3 Å². The van der Waals surface area contributed by atoms with Gasteiger partial charge in [0.1, 0.15) is 5.01 Å². The van der Waals surface area contributed by atoms with E-state index in [1.165, 1.54) is 22.7 Å². The van der Waals surface area contributed by atoms with E-state index >= 15 is 0 Å². The SMILES string of the molecule is O=C(Cc1csc(-c2cccnc2)n1)Nc1nc(-c2ccc(Cl)cc2)cs1. The molecule has 8 heteroatoms. The van der Waals surface area contributed by atoms with Crippen LogP contribution in [0.1, 0.15) is 5.69 Å². The summed E-state index contributed by atoms with van der Waals surface area (Å²) < 4.78 is 0. The Morgan fingerprint density at radius 1 is 1.04 bits per heavy atom. The molecule has 0 aliphatic carbocycles. The Morgan fingerprint density at radius 2 is 1.89 bits per heavy atom. The number of amides is 1. The van der Waals surface area contributed by atoms with E-state index in [2.05, 4.69) is 20.3 Å². The monoisotopic (exact) mass is 412 g/mol. The topological polar surface area (TPSA) is 67.8 Å². The van der Waals surface area contributed by atoms with E-state index in [0.29, 0.717) is 10.2 Å². The summed E-state index contributed by atoms with van der Waals surface area (Å²) in [4.78, 5) is 25.4. The van der Waals surface area contributed by atoms with Gasteiger partial charge in [-0.25, -0.2) is 9.97 Å². The zero-order valence-corrected chi connectivity index (χ0v) is 16.3. The smallest absolute Gasteiger partial charge is 0.232 e. The largest absolute Gasteiger partial charge is 0.302 e. The van der Waals surface area contributed by atoms with Crippen molar-refractivity contribution in [2.45, 2.75) is 6.42 Å². The number of hydrogen-bond acceptors (Lipinski definition) is 6. The molecule has 0 fully saturated rings. The molecule has 0 aliphatic heterocycles. The van der Waals surface area contributed by atoms with Gasteiger partial charge in [-0.1, -0.05) is 23.7 Å². The Morgan fingerprint density at radius 3 is 2.67 bits per heavy atom. The van der Waals surface area contributed by atoms with Gasteiger partial charge in [0, 0.05) is 39.3 Å². The number of hydrogen-bond donors (Lipinski definition) is 1. The first-order valence-electron chi connectivity index (χ1n) is 8.03. The molecule has 4 rings (SSSR count). The van der Waals surface area contributed by atoms with Gasteiger partial charge in [0.15, 0.2) is 5.13 Å². The number of nitrogens with one attached hydrogen (secondary N) is 1. The Balaban J connectivity index is 1.40. The quantitative estimate of drug-likeness (QED) is 0.491. The molecule has 0 spiro atoms. The number of benzene rings is 1. The van der Waals surface area contributed by atoms with Crippen molar-refractivity contribution < 1.29 is 4.79 Å². The number of aromatic nitrogens is 3. The van der Waals surface area contributed by atoms with Gasteiger partial charge < -0.3 is 5.32 Å². The fraction of sp³-hybridized carbons (Fsp3) is 0.0526. The lowest BCUT2D eigenvalue weighted by molar-refractivity contribution is -0.115. The lowest BCUT2D eigenvalue weighted by atomic mass is 10.2. The molecule has 1 aromatic carbocycles. The number of thiazole rings is 2. The van der Waals surface area contributed by atoms with E-state index in [4.69, 9.17) is 11.6 Å². The fourth-order valence-corrected chi connectivity index (χ4v) is 4.09. The predicted octanol–water partition coefficient (Wildman–Crippen LogP) is 5.16. The van der Waals surface area contributed by atoms with E-state index in [0.717, 1.165) is 27.5 Å². The van der Waals surface area contributed by atoms with E-state index in [-0.39, 0.29) is 12.3 Å². The van der Waals surface area contributed by atoms with E-state index in [1.807, 2.05) is 47.2 Å². The van der Waals surface area contributed by atoms with Crippen LogP contribution in [-0.2, 0) is 11.2 Å². The van der Waals surface area contributed by atoms with Crippen molar-refractivity contribution in [1.82, 2.24) is 15.0 Å². The summed E-state index contributed by atoms with van der Waals surface area (Å²) in [7, 11) is 0. The standard InChI is InChI=1S/C19H13ClN4OS2/c20-14-5-3-12(4-6-14)16-11-27-19(23-16)24-17(25)8-15-10-26-18(22-15)13-2-1-7-21-9-13/h1-7,9-11H,8H2,(H,23,24,25). The Labute approximate surface area is 168 Å². The zero-order valence-electron chi connectivity index (χ0n) is 13.9. The van der Waals surface area contributed by atoms with Gasteiger partial charge in [-0.2, -0.15) is 0 Å². The highest BCUT2D eigenvalue weighted by atomic mass is 35.5. The maximum atomic E-state index is 12.3. The zero-order chi connectivity index (χ0) is 18.6. The van der Waals surface area contributed by atoms with Crippen LogP contribution >= 0.6 is 34.3 Å². The molecule has 0 saturated carbocycles. The summed E-state index contributed by atoms with van der Waals surface area (Å²) in [6, 6.07) is 11.2. The van der Waals surface area contributed by atoms with Crippen molar-refractivity contribution in [1.29, 1.82) is 0 Å². The highest BCUT2D eigenvalue weighted by molar-refractivity contribution is 7.14. The molecular formula is C19H13ClN4OS2. The molecule has 0 bridgehead atoms. The Kier molecular flexibility index (Phi) is 5.24. The number of halogens is 1. The second kappa shape index (κ2) is 7.96. The maximum absolute atomic E-state index is 12.3. The molecular weight excluding hydrogens is 400 g/mol. The summed E-state index contributed by atoms with van der Waals surface area (Å²) in [5.74, 6) is -0.143. The minimum Gasteiger partial charge on any atom is -0.302 e. The van der Waals surface area contributed by atoms with Crippen LogP contribution in [0.3, 0.4) is 0 Å². The van der Waals surface area contributed by atoms with Gasteiger partial charge in [0.25, 0.3) is 0 Å². The maximum Gasteiger partial charge on any atom is 0.232 e. The third kappa shape index (κ3) is 4.39. The molecule has 1 amide bonds. The van der Waals surface area contributed by atoms with Crippen molar-refractivity contribution in [3.05, 3.63) is 70.3 Å². The number of nitrogens with zero attached hydrogens (tertiary/aromatic N) is 3. The molecule has 0 saturated heterocycles. The van der Waals surface area contributed by atoms with Crippen LogP contribution in [0.2, 0.25) is 5.02 Å². The lowest BCUT2D eigenvalue weighted by Crippen LogP contribution is -2.14. The van der Waals surface area contributed by atoms with E-state index < -0.39 is 0 Å². The summed E-state index contributed by atoms with van der Waals surface area (Å²) in [5, 5.41) is 8.72. The highest BCUT2D eigenvalue weighted by Crippen LogP contribution is 2.26. The lowest BCUT2D eigenvalue weighted by Gasteiger charge is -2.00. The normalized spacial score (nSPS) is 10.7. The first-order chi connectivity index (χ1) is 13.2. The van der Waals surface area contributed by atoms with Gasteiger partial charge in [-0.15, -0.1) is 22.7 Å². The van der Waals surface area contributed by atoms with Crippen molar-refractivity contribution >= 4 is 45.3 Å². The van der Waals surface area contributed by atoms with Crippen LogP contribution in [0.5, 0.6) is 0 Å². The minimum absolute atomic E-state index is 0.143. The molecule has 0 atom stereocenters. The van der Waals surface area contributed by atoms with Crippen LogP contribution < -0.4 is 5.32 Å². The minimum atomic E-state index is -0.143. The first kappa shape index (κ1) is 17.8.